The van der Waals surface area contributed by atoms with Gasteiger partial charge in [0, 0.05) is 45.5 Å². The van der Waals surface area contributed by atoms with Crippen molar-refractivity contribution in [2.45, 2.75) is 58.9 Å². The standard InChI is InChI=1S/C25H39N7O3Si/c1-18-14-27-30(3)24(18)20-13-23(31-9-10-34-16-19(31)2)29-25(21(20)15-33)28-22-7-8-26-32(22)17-35-11-12-36(4,5)6/h7-8,13-14,19,33H,9-12,15-17H2,1-6H3,(H,28,29). The number of anilines is 3. The van der Waals surface area contributed by atoms with Crippen molar-refractivity contribution in [2.75, 3.05) is 36.6 Å². The molecule has 1 atom stereocenters. The molecule has 10 nitrogen and oxygen atoms in total. The molecule has 0 spiro atoms. The third-order valence-corrected chi connectivity index (χ3v) is 8.18. The molecule has 4 rings (SSSR count). The second-order valence-electron chi connectivity index (χ2n) is 10.6. The maximum absolute atomic E-state index is 10.5. The summed E-state index contributed by atoms with van der Waals surface area (Å²) in [6.07, 6.45) is 3.58. The number of ether oxygens (including phenoxy) is 2. The monoisotopic (exact) mass is 513 g/mol. The minimum absolute atomic E-state index is 0.172. The Hall–Kier alpha value is -2.73. The van der Waals surface area contributed by atoms with Crippen LogP contribution in [-0.4, -0.2) is 70.1 Å². The first-order chi connectivity index (χ1) is 17.2. The number of morpholine rings is 1. The van der Waals surface area contributed by atoms with Crippen LogP contribution in [-0.2, 0) is 29.9 Å². The van der Waals surface area contributed by atoms with Crippen LogP contribution in [0.3, 0.4) is 0 Å². The van der Waals surface area contributed by atoms with Crippen molar-refractivity contribution in [1.29, 1.82) is 0 Å². The third-order valence-electron chi connectivity index (χ3n) is 6.48. The van der Waals surface area contributed by atoms with Gasteiger partial charge in [0.1, 0.15) is 24.2 Å². The van der Waals surface area contributed by atoms with E-state index in [4.69, 9.17) is 14.5 Å². The molecule has 1 aliphatic rings. The average Bonchev–Trinajstić information content (AvgIpc) is 3.41. The van der Waals surface area contributed by atoms with Crippen LogP contribution in [0.2, 0.25) is 25.7 Å². The van der Waals surface area contributed by atoms with Crippen molar-refractivity contribution in [3.05, 3.63) is 35.7 Å². The number of aliphatic hydroxyl groups excluding tert-OH is 1. The molecule has 11 heteroatoms. The van der Waals surface area contributed by atoms with Crippen molar-refractivity contribution >= 4 is 25.5 Å². The maximum atomic E-state index is 10.5. The van der Waals surface area contributed by atoms with E-state index >= 15 is 0 Å². The number of aryl methyl sites for hydroxylation is 2. The molecule has 3 aromatic heterocycles. The summed E-state index contributed by atoms with van der Waals surface area (Å²) in [6, 6.07) is 5.23. The van der Waals surface area contributed by atoms with E-state index in [1.807, 2.05) is 30.9 Å². The fraction of sp³-hybridized carbons (Fsp3) is 0.560. The summed E-state index contributed by atoms with van der Waals surface area (Å²) in [5.74, 6) is 2.18. The Morgan fingerprint density at radius 3 is 2.75 bits per heavy atom. The molecule has 0 amide bonds. The molecule has 1 fully saturated rings. The van der Waals surface area contributed by atoms with E-state index in [9.17, 15) is 5.11 Å². The minimum atomic E-state index is -1.17. The summed E-state index contributed by atoms with van der Waals surface area (Å²) in [6.45, 7) is 14.1. The van der Waals surface area contributed by atoms with Crippen LogP contribution in [0.25, 0.3) is 11.3 Å². The zero-order valence-electron chi connectivity index (χ0n) is 22.3. The second-order valence-corrected chi connectivity index (χ2v) is 16.2. The van der Waals surface area contributed by atoms with Crippen LogP contribution in [0, 0.1) is 6.92 Å². The smallest absolute Gasteiger partial charge is 0.141 e. The molecule has 36 heavy (non-hydrogen) atoms. The zero-order chi connectivity index (χ0) is 25.9. The fourth-order valence-electron chi connectivity index (χ4n) is 4.37. The summed E-state index contributed by atoms with van der Waals surface area (Å²) >= 11 is 0. The Morgan fingerprint density at radius 2 is 2.08 bits per heavy atom. The van der Waals surface area contributed by atoms with Crippen molar-refractivity contribution in [3.8, 4) is 11.3 Å². The lowest BCUT2D eigenvalue weighted by Crippen LogP contribution is -2.44. The van der Waals surface area contributed by atoms with E-state index in [2.05, 4.69) is 53.0 Å². The summed E-state index contributed by atoms with van der Waals surface area (Å²) in [4.78, 5) is 7.24. The van der Waals surface area contributed by atoms with E-state index < -0.39 is 8.07 Å². The van der Waals surface area contributed by atoms with Crippen LogP contribution in [0.1, 0.15) is 18.1 Å². The first-order valence-electron chi connectivity index (χ1n) is 12.5. The lowest BCUT2D eigenvalue weighted by molar-refractivity contribution is 0.0801. The molecule has 0 bridgehead atoms. The van der Waals surface area contributed by atoms with E-state index in [0.29, 0.717) is 37.9 Å². The number of pyridine rings is 1. The molecule has 0 aromatic carbocycles. The summed E-state index contributed by atoms with van der Waals surface area (Å²) in [7, 11) is 0.752. The fourth-order valence-corrected chi connectivity index (χ4v) is 5.13. The molecule has 0 radical (unpaired) electrons. The van der Waals surface area contributed by atoms with E-state index in [1.54, 1.807) is 10.9 Å². The number of hydrogen-bond acceptors (Lipinski definition) is 8. The summed E-state index contributed by atoms with van der Waals surface area (Å²) in [5, 5.41) is 22.8. The van der Waals surface area contributed by atoms with Gasteiger partial charge in [0.25, 0.3) is 0 Å². The molecule has 0 aliphatic carbocycles. The number of rotatable bonds is 10. The lowest BCUT2D eigenvalue weighted by atomic mass is 10.0. The second kappa shape index (κ2) is 11.1. The van der Waals surface area contributed by atoms with Gasteiger partial charge in [-0.1, -0.05) is 19.6 Å². The van der Waals surface area contributed by atoms with Gasteiger partial charge in [-0.15, -0.1) is 0 Å². The van der Waals surface area contributed by atoms with E-state index in [-0.39, 0.29) is 12.6 Å². The third kappa shape index (κ3) is 5.97. The largest absolute Gasteiger partial charge is 0.392 e. The van der Waals surface area contributed by atoms with Crippen molar-refractivity contribution in [2.24, 2.45) is 7.05 Å². The molecule has 3 aromatic rings. The highest BCUT2D eigenvalue weighted by atomic mass is 28.3. The summed E-state index contributed by atoms with van der Waals surface area (Å²) in [5.41, 5.74) is 3.60. The first kappa shape index (κ1) is 26.3. The molecular formula is C25H39N7O3Si. The Labute approximate surface area is 214 Å². The molecule has 1 saturated heterocycles. The van der Waals surface area contributed by atoms with Gasteiger partial charge < -0.3 is 24.8 Å². The van der Waals surface area contributed by atoms with Crippen LogP contribution in [0.4, 0.5) is 17.5 Å². The highest BCUT2D eigenvalue weighted by molar-refractivity contribution is 6.76. The predicted octanol–water partition coefficient (Wildman–Crippen LogP) is 3.76. The van der Waals surface area contributed by atoms with Crippen LogP contribution in [0.5, 0.6) is 0 Å². The molecule has 1 unspecified atom stereocenters. The first-order valence-corrected chi connectivity index (χ1v) is 16.2. The van der Waals surface area contributed by atoms with Gasteiger partial charge in [0.2, 0.25) is 0 Å². The molecule has 4 heterocycles. The highest BCUT2D eigenvalue weighted by Gasteiger charge is 2.25. The van der Waals surface area contributed by atoms with Gasteiger partial charge in [-0.3, -0.25) is 4.68 Å². The Balaban J connectivity index is 1.70. The van der Waals surface area contributed by atoms with Crippen molar-refractivity contribution in [1.82, 2.24) is 24.5 Å². The molecule has 2 N–H and O–H groups in total. The topological polar surface area (TPSA) is 102 Å². The van der Waals surface area contributed by atoms with Gasteiger partial charge in [-0.25, -0.2) is 9.67 Å². The normalized spacial score (nSPS) is 16.5. The van der Waals surface area contributed by atoms with Crippen molar-refractivity contribution in [3.63, 3.8) is 0 Å². The zero-order valence-corrected chi connectivity index (χ0v) is 23.3. The Kier molecular flexibility index (Phi) is 8.13. The number of aliphatic hydroxyl groups is 1. The minimum Gasteiger partial charge on any atom is -0.392 e. The summed E-state index contributed by atoms with van der Waals surface area (Å²) < 4.78 is 15.2. The van der Waals surface area contributed by atoms with E-state index in [1.165, 1.54) is 0 Å². The van der Waals surface area contributed by atoms with Gasteiger partial charge in [-0.05, 0) is 31.5 Å². The molecule has 0 saturated carbocycles. The van der Waals surface area contributed by atoms with Gasteiger partial charge in [0.05, 0.1) is 44.0 Å². The molecular weight excluding hydrogens is 474 g/mol. The molecule has 1 aliphatic heterocycles. The SMILES string of the molecule is Cc1cnn(C)c1-c1cc(N2CCOCC2C)nc(Nc2ccnn2COCC[Si](C)(C)C)c1CO. The van der Waals surface area contributed by atoms with Gasteiger partial charge >= 0.3 is 0 Å². The maximum Gasteiger partial charge on any atom is 0.141 e. The predicted molar refractivity (Wildman–Crippen MR) is 144 cm³/mol. The number of nitrogens with zero attached hydrogens (tertiary/aromatic N) is 6. The Bertz CT molecular complexity index is 1150. The number of aromatic nitrogens is 5. The van der Waals surface area contributed by atoms with Crippen LogP contribution < -0.4 is 10.2 Å². The highest BCUT2D eigenvalue weighted by Crippen LogP contribution is 2.35. The van der Waals surface area contributed by atoms with Crippen LogP contribution in [0.15, 0.2) is 24.5 Å². The average molecular weight is 514 g/mol. The van der Waals surface area contributed by atoms with Gasteiger partial charge in [0.15, 0.2) is 0 Å². The Morgan fingerprint density at radius 1 is 1.28 bits per heavy atom. The van der Waals surface area contributed by atoms with Crippen LogP contribution >= 0.6 is 0 Å². The van der Waals surface area contributed by atoms with E-state index in [0.717, 1.165) is 41.0 Å². The lowest BCUT2D eigenvalue weighted by Gasteiger charge is -2.35. The number of hydrogen-bond donors (Lipinski definition) is 2. The quantitative estimate of drug-likeness (QED) is 0.312. The molecule has 196 valence electrons. The van der Waals surface area contributed by atoms with Crippen molar-refractivity contribution < 1.29 is 14.6 Å². The van der Waals surface area contributed by atoms with Gasteiger partial charge in [-0.2, -0.15) is 10.2 Å². The number of nitrogens with one attached hydrogen (secondary N) is 1.